The maximum Gasteiger partial charge on any atom is 0.242 e. The van der Waals surface area contributed by atoms with Gasteiger partial charge in [-0.2, -0.15) is 0 Å². The molecule has 1 aliphatic rings. The van der Waals surface area contributed by atoms with E-state index in [2.05, 4.69) is 9.71 Å². The molecule has 8 heteroatoms. The van der Waals surface area contributed by atoms with Gasteiger partial charge in [-0.25, -0.2) is 18.1 Å². The number of sulfonamides is 1. The number of hydrogen-bond acceptors (Lipinski definition) is 4. The molecule has 0 radical (unpaired) electrons. The molecular weight excluding hydrogens is 299 g/mol. The molecule has 1 aromatic rings. The Kier molecular flexibility index (Phi) is 4.13. The summed E-state index contributed by atoms with van der Waals surface area (Å²) in [5, 5.41) is 0.196. The average Bonchev–Trinajstić information content (AvgIpc) is 2.26. The molecule has 1 saturated carbocycles. The summed E-state index contributed by atoms with van der Waals surface area (Å²) in [7, 11) is -1.99. The van der Waals surface area contributed by atoms with Gasteiger partial charge in [-0.1, -0.05) is 23.2 Å². The molecule has 1 aromatic heterocycles. The minimum atomic E-state index is -3.60. The van der Waals surface area contributed by atoms with E-state index in [4.69, 9.17) is 27.9 Å². The number of nitrogens with one attached hydrogen (secondary N) is 1. The fourth-order valence-corrected chi connectivity index (χ4v) is 3.26. The van der Waals surface area contributed by atoms with Gasteiger partial charge in [0, 0.05) is 19.3 Å². The highest BCUT2D eigenvalue weighted by molar-refractivity contribution is 7.89. The molecule has 2 rings (SSSR count). The van der Waals surface area contributed by atoms with E-state index in [9.17, 15) is 8.42 Å². The fourth-order valence-electron chi connectivity index (χ4n) is 1.69. The van der Waals surface area contributed by atoms with Crippen molar-refractivity contribution in [3.63, 3.8) is 0 Å². The average molecular weight is 311 g/mol. The maximum atomic E-state index is 12.0. The van der Waals surface area contributed by atoms with E-state index in [-0.39, 0.29) is 27.2 Å². The predicted octanol–water partition coefficient (Wildman–Crippen LogP) is 1.84. The number of hydrogen-bond donors (Lipinski definition) is 1. The van der Waals surface area contributed by atoms with Gasteiger partial charge < -0.3 is 4.74 Å². The normalized spacial score (nSPS) is 23.7. The molecule has 0 atom stereocenters. The molecule has 1 aliphatic carbocycles. The molecule has 1 N–H and O–H groups in total. The minimum absolute atomic E-state index is 0.0118. The Labute approximate surface area is 116 Å². The molecule has 0 amide bonds. The Balaban J connectivity index is 2.09. The lowest BCUT2D eigenvalue weighted by Gasteiger charge is -2.34. The molecule has 0 bridgehead atoms. The summed E-state index contributed by atoms with van der Waals surface area (Å²) in [6.07, 6.45) is 2.66. The van der Waals surface area contributed by atoms with Crippen LogP contribution in [0.15, 0.2) is 17.2 Å². The van der Waals surface area contributed by atoms with Gasteiger partial charge in [-0.15, -0.1) is 0 Å². The van der Waals surface area contributed by atoms with E-state index < -0.39 is 10.0 Å². The topological polar surface area (TPSA) is 68.3 Å². The molecule has 5 nitrogen and oxygen atoms in total. The molecule has 0 aromatic carbocycles. The van der Waals surface area contributed by atoms with Crippen molar-refractivity contribution in [3.05, 3.63) is 22.4 Å². The summed E-state index contributed by atoms with van der Waals surface area (Å²) in [5.41, 5.74) is 0. The predicted molar refractivity (Wildman–Crippen MR) is 68.4 cm³/mol. The van der Waals surface area contributed by atoms with Crippen LogP contribution in [0.1, 0.15) is 12.8 Å². The Morgan fingerprint density at radius 3 is 2.67 bits per heavy atom. The zero-order valence-corrected chi connectivity index (χ0v) is 11.9. The van der Waals surface area contributed by atoms with Crippen LogP contribution in [0, 0.1) is 0 Å². The third-order valence-electron chi connectivity index (χ3n) is 2.83. The summed E-state index contributed by atoms with van der Waals surface area (Å²) < 4.78 is 31.7. The maximum absolute atomic E-state index is 12.0. The smallest absolute Gasteiger partial charge is 0.242 e. The molecule has 0 saturated heterocycles. The van der Waals surface area contributed by atoms with E-state index in [0.29, 0.717) is 12.8 Å². The summed E-state index contributed by atoms with van der Waals surface area (Å²) in [5.74, 6) is 0. The lowest BCUT2D eigenvalue weighted by atomic mass is 9.90. The van der Waals surface area contributed by atoms with Crippen LogP contribution < -0.4 is 4.72 Å². The molecule has 100 valence electrons. The van der Waals surface area contributed by atoms with Crippen LogP contribution in [0.2, 0.25) is 10.2 Å². The van der Waals surface area contributed by atoms with Crippen LogP contribution in [-0.2, 0) is 14.8 Å². The van der Waals surface area contributed by atoms with Crippen molar-refractivity contribution in [1.29, 1.82) is 0 Å². The summed E-state index contributed by atoms with van der Waals surface area (Å²) >= 11 is 11.4. The first-order chi connectivity index (χ1) is 8.42. The highest BCUT2D eigenvalue weighted by atomic mass is 35.5. The van der Waals surface area contributed by atoms with Crippen LogP contribution in [0.4, 0.5) is 0 Å². The van der Waals surface area contributed by atoms with Crippen molar-refractivity contribution in [1.82, 2.24) is 9.71 Å². The number of methoxy groups -OCH3 is 1. The van der Waals surface area contributed by atoms with E-state index in [1.165, 1.54) is 12.3 Å². The molecule has 0 unspecified atom stereocenters. The van der Waals surface area contributed by atoms with E-state index in [1.807, 2.05) is 0 Å². The van der Waals surface area contributed by atoms with Gasteiger partial charge in [-0.3, -0.25) is 0 Å². The lowest BCUT2D eigenvalue weighted by molar-refractivity contribution is 0.0236. The second kappa shape index (κ2) is 5.30. The first-order valence-electron chi connectivity index (χ1n) is 5.28. The quantitative estimate of drug-likeness (QED) is 0.862. The third-order valence-corrected chi connectivity index (χ3v) is 5.00. The van der Waals surface area contributed by atoms with Gasteiger partial charge in [0.1, 0.15) is 10.0 Å². The molecule has 0 spiro atoms. The van der Waals surface area contributed by atoms with Crippen molar-refractivity contribution in [2.24, 2.45) is 0 Å². The highest BCUT2D eigenvalue weighted by Gasteiger charge is 2.32. The van der Waals surface area contributed by atoms with E-state index >= 15 is 0 Å². The number of aromatic nitrogens is 1. The van der Waals surface area contributed by atoms with Gasteiger partial charge in [-0.05, 0) is 18.9 Å². The Morgan fingerprint density at radius 2 is 2.11 bits per heavy atom. The SMILES string of the molecule is COC1CC(NS(=O)(=O)c2cnc(Cl)c(Cl)c2)C1. The van der Waals surface area contributed by atoms with Crippen LogP contribution in [0.25, 0.3) is 0 Å². The number of nitrogens with zero attached hydrogens (tertiary/aromatic N) is 1. The number of rotatable bonds is 4. The second-order valence-electron chi connectivity index (χ2n) is 4.09. The molecule has 0 aliphatic heterocycles. The first-order valence-corrected chi connectivity index (χ1v) is 7.52. The van der Waals surface area contributed by atoms with Crippen LogP contribution in [0.3, 0.4) is 0 Å². The number of ether oxygens (including phenoxy) is 1. The van der Waals surface area contributed by atoms with Gasteiger partial charge in [0.05, 0.1) is 11.1 Å². The van der Waals surface area contributed by atoms with E-state index in [1.54, 1.807) is 7.11 Å². The minimum Gasteiger partial charge on any atom is -0.381 e. The van der Waals surface area contributed by atoms with E-state index in [0.717, 1.165) is 0 Å². The van der Waals surface area contributed by atoms with Gasteiger partial charge >= 0.3 is 0 Å². The Bertz CT molecular complexity index is 544. The van der Waals surface area contributed by atoms with Crippen molar-refractivity contribution in [3.8, 4) is 0 Å². The zero-order chi connectivity index (χ0) is 13.3. The summed E-state index contributed by atoms with van der Waals surface area (Å²) in [4.78, 5) is 3.73. The van der Waals surface area contributed by atoms with Gasteiger partial charge in [0.2, 0.25) is 10.0 Å². The standard InChI is InChI=1S/C10H12Cl2N2O3S/c1-17-7-2-6(3-7)14-18(15,16)8-4-9(11)10(12)13-5-8/h4-7,14H,2-3H2,1H3. The highest BCUT2D eigenvalue weighted by Crippen LogP contribution is 2.26. The van der Waals surface area contributed by atoms with Crippen LogP contribution in [-0.4, -0.2) is 32.7 Å². The van der Waals surface area contributed by atoms with Crippen molar-refractivity contribution < 1.29 is 13.2 Å². The molecule has 1 heterocycles. The number of pyridine rings is 1. The monoisotopic (exact) mass is 310 g/mol. The number of halogens is 2. The van der Waals surface area contributed by atoms with Crippen LogP contribution >= 0.6 is 23.2 Å². The Morgan fingerprint density at radius 1 is 1.44 bits per heavy atom. The fraction of sp³-hybridized carbons (Fsp3) is 0.500. The zero-order valence-electron chi connectivity index (χ0n) is 9.56. The molecule has 18 heavy (non-hydrogen) atoms. The largest absolute Gasteiger partial charge is 0.381 e. The lowest BCUT2D eigenvalue weighted by Crippen LogP contribution is -2.47. The third kappa shape index (κ3) is 2.95. The van der Waals surface area contributed by atoms with Crippen molar-refractivity contribution in [2.75, 3.05) is 7.11 Å². The Hall–Kier alpha value is -0.400. The van der Waals surface area contributed by atoms with Crippen molar-refractivity contribution in [2.45, 2.75) is 29.9 Å². The molecule has 1 fully saturated rings. The van der Waals surface area contributed by atoms with Crippen molar-refractivity contribution >= 4 is 33.2 Å². The van der Waals surface area contributed by atoms with Gasteiger partial charge in [0.25, 0.3) is 0 Å². The first kappa shape index (κ1) is 14.0. The second-order valence-corrected chi connectivity index (χ2v) is 6.57. The van der Waals surface area contributed by atoms with Gasteiger partial charge in [0.15, 0.2) is 0 Å². The summed E-state index contributed by atoms with van der Waals surface area (Å²) in [6, 6.07) is 1.18. The molecular formula is C10H12Cl2N2O3S. The summed E-state index contributed by atoms with van der Waals surface area (Å²) in [6.45, 7) is 0. The van der Waals surface area contributed by atoms with Crippen LogP contribution in [0.5, 0.6) is 0 Å².